The molecule has 2 aliphatic rings. The number of carbonyl (C=O) groups is 1. The molecular formula is C17H19N5O. The lowest BCUT2D eigenvalue weighted by Crippen LogP contribution is -2.40. The summed E-state index contributed by atoms with van der Waals surface area (Å²) in [7, 11) is 0. The maximum absolute atomic E-state index is 12.5. The molecule has 4 heterocycles. The molecule has 0 N–H and O–H groups in total. The molecule has 6 nitrogen and oxygen atoms in total. The number of carbonyl (C=O) groups excluding carboxylic acids is 1. The Balaban J connectivity index is 1.45. The van der Waals surface area contributed by atoms with Gasteiger partial charge < -0.3 is 9.80 Å². The fourth-order valence-electron chi connectivity index (χ4n) is 3.68. The molecule has 2 fully saturated rings. The van der Waals surface area contributed by atoms with Crippen molar-refractivity contribution in [2.24, 2.45) is 11.8 Å². The van der Waals surface area contributed by atoms with Crippen molar-refractivity contribution >= 4 is 11.6 Å². The van der Waals surface area contributed by atoms with E-state index in [0.717, 1.165) is 32.6 Å². The summed E-state index contributed by atoms with van der Waals surface area (Å²) < 4.78 is 0. The lowest BCUT2D eigenvalue weighted by molar-refractivity contribution is 0.0778. The van der Waals surface area contributed by atoms with Gasteiger partial charge in [0, 0.05) is 44.8 Å². The molecule has 2 aromatic heterocycles. The minimum Gasteiger partial charge on any atom is -0.370 e. The van der Waals surface area contributed by atoms with Gasteiger partial charge in [-0.1, -0.05) is 0 Å². The summed E-state index contributed by atoms with van der Waals surface area (Å²) in [5, 5.41) is 0. The van der Waals surface area contributed by atoms with E-state index in [1.54, 1.807) is 24.8 Å². The molecule has 23 heavy (non-hydrogen) atoms. The molecule has 0 aromatic carbocycles. The number of anilines is 1. The van der Waals surface area contributed by atoms with Crippen molar-refractivity contribution in [3.8, 4) is 0 Å². The Morgan fingerprint density at radius 1 is 1.04 bits per heavy atom. The number of fused-ring (bicyclic) bond motifs is 1. The van der Waals surface area contributed by atoms with Crippen molar-refractivity contribution in [1.82, 2.24) is 19.9 Å². The first-order valence-corrected chi connectivity index (χ1v) is 8.01. The second-order valence-electron chi connectivity index (χ2n) is 6.27. The third-order valence-corrected chi connectivity index (χ3v) is 4.88. The second-order valence-corrected chi connectivity index (χ2v) is 6.27. The summed E-state index contributed by atoms with van der Waals surface area (Å²) in [5.74, 6) is 1.11. The van der Waals surface area contributed by atoms with Crippen LogP contribution in [0.1, 0.15) is 16.9 Å². The number of hydrogen-bond donors (Lipinski definition) is 0. The topological polar surface area (TPSA) is 62.2 Å². The van der Waals surface area contributed by atoms with E-state index in [1.807, 2.05) is 17.2 Å². The van der Waals surface area contributed by atoms with E-state index in [9.17, 15) is 4.79 Å². The second kappa shape index (κ2) is 5.95. The fourth-order valence-corrected chi connectivity index (χ4v) is 3.68. The Morgan fingerprint density at radius 3 is 2.70 bits per heavy atom. The minimum atomic E-state index is 0.000396. The summed E-state index contributed by atoms with van der Waals surface area (Å²) in [6.07, 6.45) is 9.54. The third kappa shape index (κ3) is 2.76. The van der Waals surface area contributed by atoms with Crippen LogP contribution in [-0.4, -0.2) is 51.9 Å². The molecule has 2 aromatic rings. The molecule has 2 aliphatic heterocycles. The highest BCUT2D eigenvalue weighted by atomic mass is 16.2. The zero-order valence-corrected chi connectivity index (χ0v) is 12.9. The van der Waals surface area contributed by atoms with Crippen LogP contribution < -0.4 is 4.90 Å². The number of nitrogens with zero attached hydrogens (tertiary/aromatic N) is 5. The van der Waals surface area contributed by atoms with Crippen LogP contribution in [0.3, 0.4) is 0 Å². The summed E-state index contributed by atoms with van der Waals surface area (Å²) in [6.45, 7) is 3.65. The molecule has 0 bridgehead atoms. The van der Waals surface area contributed by atoms with Crippen LogP contribution in [0.2, 0.25) is 0 Å². The van der Waals surface area contributed by atoms with Crippen molar-refractivity contribution in [3.63, 3.8) is 0 Å². The van der Waals surface area contributed by atoms with E-state index in [0.29, 0.717) is 17.5 Å². The SMILES string of the molecule is O=C(c1cnccn1)N1C[C@H]2CCN(c3cccnc3)C[C@H]2C1. The first-order chi connectivity index (χ1) is 11.3. The van der Waals surface area contributed by atoms with Gasteiger partial charge in [0.1, 0.15) is 5.69 Å². The van der Waals surface area contributed by atoms with Gasteiger partial charge in [-0.2, -0.15) is 0 Å². The molecule has 4 rings (SSSR count). The van der Waals surface area contributed by atoms with Crippen LogP contribution in [0.25, 0.3) is 0 Å². The van der Waals surface area contributed by atoms with Gasteiger partial charge in [-0.3, -0.25) is 14.8 Å². The Morgan fingerprint density at radius 2 is 1.91 bits per heavy atom. The predicted octanol–water partition coefficient (Wildman–Crippen LogP) is 1.47. The highest BCUT2D eigenvalue weighted by Gasteiger charge is 2.39. The van der Waals surface area contributed by atoms with Gasteiger partial charge >= 0.3 is 0 Å². The number of rotatable bonds is 2. The van der Waals surface area contributed by atoms with Crippen molar-refractivity contribution in [2.75, 3.05) is 31.1 Å². The highest BCUT2D eigenvalue weighted by molar-refractivity contribution is 5.92. The van der Waals surface area contributed by atoms with Crippen LogP contribution in [0.5, 0.6) is 0 Å². The van der Waals surface area contributed by atoms with Gasteiger partial charge in [0.05, 0.1) is 18.1 Å². The van der Waals surface area contributed by atoms with Crippen molar-refractivity contribution in [1.29, 1.82) is 0 Å². The van der Waals surface area contributed by atoms with Crippen LogP contribution in [0.4, 0.5) is 5.69 Å². The molecule has 2 atom stereocenters. The van der Waals surface area contributed by atoms with E-state index in [-0.39, 0.29) is 5.91 Å². The first-order valence-electron chi connectivity index (χ1n) is 8.01. The molecule has 0 spiro atoms. The summed E-state index contributed by atoms with van der Waals surface area (Å²) >= 11 is 0. The van der Waals surface area contributed by atoms with Crippen LogP contribution in [0.15, 0.2) is 43.1 Å². The molecule has 0 aliphatic carbocycles. The van der Waals surface area contributed by atoms with E-state index in [1.165, 1.54) is 5.69 Å². The average molecular weight is 309 g/mol. The quantitative estimate of drug-likeness (QED) is 0.840. The Bertz CT molecular complexity index is 678. The predicted molar refractivity (Wildman–Crippen MR) is 86.0 cm³/mol. The van der Waals surface area contributed by atoms with Crippen LogP contribution in [0, 0.1) is 11.8 Å². The molecule has 2 saturated heterocycles. The van der Waals surface area contributed by atoms with E-state index < -0.39 is 0 Å². The molecule has 6 heteroatoms. The number of hydrogen-bond acceptors (Lipinski definition) is 5. The lowest BCUT2D eigenvalue weighted by atomic mass is 9.88. The number of pyridine rings is 1. The van der Waals surface area contributed by atoms with E-state index >= 15 is 0 Å². The van der Waals surface area contributed by atoms with E-state index in [2.05, 4.69) is 25.9 Å². The Labute approximate surface area is 135 Å². The normalized spacial score (nSPS) is 23.7. The van der Waals surface area contributed by atoms with E-state index in [4.69, 9.17) is 0 Å². The molecule has 0 unspecified atom stereocenters. The van der Waals surface area contributed by atoms with Gasteiger partial charge in [0.15, 0.2) is 0 Å². The monoisotopic (exact) mass is 309 g/mol. The van der Waals surface area contributed by atoms with Gasteiger partial charge in [-0.25, -0.2) is 4.98 Å². The highest BCUT2D eigenvalue weighted by Crippen LogP contribution is 2.33. The number of likely N-dealkylation sites (tertiary alicyclic amines) is 1. The van der Waals surface area contributed by atoms with Crippen LogP contribution >= 0.6 is 0 Å². The summed E-state index contributed by atoms with van der Waals surface area (Å²) in [5.41, 5.74) is 1.61. The van der Waals surface area contributed by atoms with Gasteiger partial charge in [-0.15, -0.1) is 0 Å². The van der Waals surface area contributed by atoms with Gasteiger partial charge in [-0.05, 0) is 30.4 Å². The molecule has 0 radical (unpaired) electrons. The summed E-state index contributed by atoms with van der Waals surface area (Å²) in [6, 6.07) is 4.07. The Kier molecular flexibility index (Phi) is 3.65. The molecular weight excluding hydrogens is 290 g/mol. The largest absolute Gasteiger partial charge is 0.370 e. The Hall–Kier alpha value is -2.50. The van der Waals surface area contributed by atoms with Crippen molar-refractivity contribution < 1.29 is 4.79 Å². The summed E-state index contributed by atoms with van der Waals surface area (Å²) in [4.78, 5) is 29.2. The molecule has 0 saturated carbocycles. The maximum Gasteiger partial charge on any atom is 0.274 e. The average Bonchev–Trinajstić information content (AvgIpc) is 3.06. The number of amides is 1. The smallest absolute Gasteiger partial charge is 0.274 e. The molecule has 1 amide bonds. The van der Waals surface area contributed by atoms with Crippen molar-refractivity contribution in [2.45, 2.75) is 6.42 Å². The fraction of sp³-hybridized carbons (Fsp3) is 0.412. The third-order valence-electron chi connectivity index (χ3n) is 4.88. The molecule has 118 valence electrons. The standard InChI is InChI=1S/C17H19N5O/c23-17(16-9-19-5-6-20-16)22-10-13-3-7-21(11-14(13)12-22)15-2-1-4-18-8-15/h1-2,4-6,8-9,13-14H,3,7,10-12H2/t13-,14+/m1/s1. The van der Waals surface area contributed by atoms with Crippen LogP contribution in [-0.2, 0) is 0 Å². The maximum atomic E-state index is 12.5. The van der Waals surface area contributed by atoms with Crippen molar-refractivity contribution in [3.05, 3.63) is 48.8 Å². The zero-order chi connectivity index (χ0) is 15.6. The first kappa shape index (κ1) is 14.1. The zero-order valence-electron chi connectivity index (χ0n) is 12.9. The number of piperidine rings is 1. The van der Waals surface area contributed by atoms with Gasteiger partial charge in [0.25, 0.3) is 5.91 Å². The lowest BCUT2D eigenvalue weighted by Gasteiger charge is -2.35. The minimum absolute atomic E-state index is 0.000396. The number of aromatic nitrogens is 3. The van der Waals surface area contributed by atoms with Gasteiger partial charge in [0.2, 0.25) is 0 Å².